The van der Waals surface area contributed by atoms with Crippen molar-refractivity contribution < 1.29 is 4.57 Å². The van der Waals surface area contributed by atoms with Crippen molar-refractivity contribution in [1.29, 1.82) is 0 Å². The number of aryl methyl sites for hydroxylation is 1. The molecule has 148 valence electrons. The summed E-state index contributed by atoms with van der Waals surface area (Å²) in [6.45, 7) is 5.75. The summed E-state index contributed by atoms with van der Waals surface area (Å²) in [5, 5.41) is 0. The first-order chi connectivity index (χ1) is 13.7. The zero-order valence-corrected chi connectivity index (χ0v) is 17.8. The van der Waals surface area contributed by atoms with Gasteiger partial charge < -0.3 is 0 Å². The van der Waals surface area contributed by atoms with Crippen molar-refractivity contribution in [3.05, 3.63) is 89.5 Å². The van der Waals surface area contributed by atoms with Gasteiger partial charge in [0.2, 0.25) is 0 Å². The second-order valence-corrected chi connectivity index (χ2v) is 8.04. The molecule has 0 fully saturated rings. The molecule has 1 aromatic heterocycles. The number of nitrogens with zero attached hydrogens (tertiary/aromatic N) is 2. The van der Waals surface area contributed by atoms with E-state index in [2.05, 4.69) is 96.9 Å². The van der Waals surface area contributed by atoms with Gasteiger partial charge >= 0.3 is 0 Å². The van der Waals surface area contributed by atoms with E-state index < -0.39 is 0 Å². The van der Waals surface area contributed by atoms with Crippen molar-refractivity contribution in [2.45, 2.75) is 64.8 Å². The lowest BCUT2D eigenvalue weighted by atomic mass is 9.96. The summed E-state index contributed by atoms with van der Waals surface area (Å²) in [4.78, 5) is 0. The Kier molecular flexibility index (Phi) is 7.47. The second-order valence-electron chi connectivity index (χ2n) is 8.04. The van der Waals surface area contributed by atoms with E-state index in [1.165, 1.54) is 48.3 Å². The number of hydrogen-bond acceptors (Lipinski definition) is 0. The molecule has 1 unspecified atom stereocenters. The summed E-state index contributed by atoms with van der Waals surface area (Å²) in [6, 6.07) is 21.8. The molecule has 0 aliphatic carbocycles. The van der Waals surface area contributed by atoms with Crippen molar-refractivity contribution in [1.82, 2.24) is 4.57 Å². The third-order valence-electron chi connectivity index (χ3n) is 5.73. The molecule has 0 radical (unpaired) electrons. The van der Waals surface area contributed by atoms with Gasteiger partial charge in [-0.25, -0.2) is 9.13 Å². The molecule has 0 amide bonds. The Hall–Kier alpha value is -2.35. The standard InChI is InChI=1S/C26H35N2/c1-4-5-6-13-18-28-25(19-22(2)24-16-11-8-12-17-24)21-27(3)26(28)20-23-14-9-7-10-15-23/h7-12,14-17,21-22H,4-6,13,18-20H2,1-3H3/q+1. The quantitative estimate of drug-likeness (QED) is 0.311. The molecule has 2 nitrogen and oxygen atoms in total. The van der Waals surface area contributed by atoms with Crippen LogP contribution in [0.2, 0.25) is 0 Å². The predicted octanol–water partition coefficient (Wildman–Crippen LogP) is 5.83. The van der Waals surface area contributed by atoms with E-state index in [4.69, 9.17) is 0 Å². The van der Waals surface area contributed by atoms with Gasteiger partial charge in [-0.05, 0) is 29.9 Å². The molecule has 2 aromatic carbocycles. The van der Waals surface area contributed by atoms with Crippen LogP contribution in [-0.4, -0.2) is 4.57 Å². The van der Waals surface area contributed by atoms with Crippen LogP contribution in [0, 0.1) is 0 Å². The fourth-order valence-electron chi connectivity index (χ4n) is 4.07. The molecule has 2 heteroatoms. The van der Waals surface area contributed by atoms with E-state index in [1.54, 1.807) is 0 Å². The van der Waals surface area contributed by atoms with Crippen molar-refractivity contribution in [2.75, 3.05) is 0 Å². The third kappa shape index (κ3) is 5.34. The third-order valence-corrected chi connectivity index (χ3v) is 5.73. The van der Waals surface area contributed by atoms with Crippen molar-refractivity contribution in [2.24, 2.45) is 7.05 Å². The molecular formula is C26H35N2+. The number of imidazole rings is 1. The van der Waals surface area contributed by atoms with E-state index >= 15 is 0 Å². The minimum atomic E-state index is 0.523. The van der Waals surface area contributed by atoms with Crippen LogP contribution in [0.5, 0.6) is 0 Å². The van der Waals surface area contributed by atoms with Crippen molar-refractivity contribution in [3.63, 3.8) is 0 Å². The summed E-state index contributed by atoms with van der Waals surface area (Å²) >= 11 is 0. The molecule has 0 aliphatic rings. The first kappa shape index (κ1) is 20.4. The van der Waals surface area contributed by atoms with Crippen LogP contribution in [0.3, 0.4) is 0 Å². The molecule has 0 N–H and O–H groups in total. The Morgan fingerprint density at radius 2 is 1.57 bits per heavy atom. The van der Waals surface area contributed by atoms with Gasteiger partial charge in [0.05, 0.1) is 20.0 Å². The smallest absolute Gasteiger partial charge is 0.236 e. The number of hydrogen-bond donors (Lipinski definition) is 0. The van der Waals surface area contributed by atoms with Crippen LogP contribution in [0.15, 0.2) is 66.9 Å². The highest BCUT2D eigenvalue weighted by molar-refractivity contribution is 5.22. The Morgan fingerprint density at radius 3 is 2.25 bits per heavy atom. The van der Waals surface area contributed by atoms with Crippen LogP contribution < -0.4 is 4.57 Å². The fourth-order valence-corrected chi connectivity index (χ4v) is 4.07. The maximum atomic E-state index is 2.60. The van der Waals surface area contributed by atoms with Crippen LogP contribution in [0.25, 0.3) is 0 Å². The fraction of sp³-hybridized carbons (Fsp3) is 0.423. The lowest BCUT2D eigenvalue weighted by Gasteiger charge is -2.12. The van der Waals surface area contributed by atoms with E-state index in [0.717, 1.165) is 19.4 Å². The Balaban J connectivity index is 1.84. The molecule has 0 saturated heterocycles. The number of aromatic nitrogens is 2. The largest absolute Gasteiger partial charge is 0.260 e. The van der Waals surface area contributed by atoms with Gasteiger partial charge in [-0.1, -0.05) is 87.4 Å². The molecule has 0 spiro atoms. The number of unbranched alkanes of at least 4 members (excludes halogenated alkanes) is 3. The van der Waals surface area contributed by atoms with Gasteiger partial charge in [0.1, 0.15) is 11.9 Å². The monoisotopic (exact) mass is 375 g/mol. The predicted molar refractivity (Wildman–Crippen MR) is 118 cm³/mol. The first-order valence-electron chi connectivity index (χ1n) is 10.8. The van der Waals surface area contributed by atoms with Gasteiger partial charge in [-0.15, -0.1) is 0 Å². The molecule has 0 saturated carbocycles. The van der Waals surface area contributed by atoms with Crippen molar-refractivity contribution >= 4 is 0 Å². The molecule has 28 heavy (non-hydrogen) atoms. The lowest BCUT2D eigenvalue weighted by Crippen LogP contribution is -2.32. The summed E-state index contributed by atoms with van der Waals surface area (Å²) in [6.07, 6.45) is 9.63. The van der Waals surface area contributed by atoms with E-state index in [1.807, 2.05) is 0 Å². The van der Waals surface area contributed by atoms with Crippen molar-refractivity contribution in [3.8, 4) is 0 Å². The minimum Gasteiger partial charge on any atom is -0.236 e. The summed E-state index contributed by atoms with van der Waals surface area (Å²) < 4.78 is 4.95. The normalized spacial score (nSPS) is 12.2. The SMILES string of the molecule is CCCCCCn1c(CC(C)c2ccccc2)c[n+](C)c1Cc1ccccc1. The lowest BCUT2D eigenvalue weighted by molar-refractivity contribution is -0.678. The Bertz CT molecular complexity index is 834. The molecule has 3 aromatic rings. The summed E-state index contributed by atoms with van der Waals surface area (Å²) in [5.41, 5.74) is 4.27. The van der Waals surface area contributed by atoms with E-state index in [0.29, 0.717) is 5.92 Å². The highest BCUT2D eigenvalue weighted by Crippen LogP contribution is 2.22. The average molecular weight is 376 g/mol. The average Bonchev–Trinajstić information content (AvgIpc) is 3.01. The zero-order valence-electron chi connectivity index (χ0n) is 17.8. The molecule has 1 atom stereocenters. The molecule has 0 bridgehead atoms. The topological polar surface area (TPSA) is 8.81 Å². The van der Waals surface area contributed by atoms with Crippen LogP contribution >= 0.6 is 0 Å². The minimum absolute atomic E-state index is 0.523. The van der Waals surface area contributed by atoms with E-state index in [9.17, 15) is 0 Å². The molecule has 3 rings (SSSR count). The maximum Gasteiger partial charge on any atom is 0.260 e. The number of rotatable bonds is 10. The van der Waals surface area contributed by atoms with Gasteiger partial charge in [0, 0.05) is 6.42 Å². The highest BCUT2D eigenvalue weighted by atomic mass is 15.1. The van der Waals surface area contributed by atoms with Gasteiger partial charge in [-0.2, -0.15) is 0 Å². The molecule has 0 aliphatic heterocycles. The summed E-state index contributed by atoms with van der Waals surface area (Å²) in [5.74, 6) is 1.94. The van der Waals surface area contributed by atoms with Crippen LogP contribution in [-0.2, 0) is 26.4 Å². The second kappa shape index (κ2) is 10.3. The maximum absolute atomic E-state index is 2.60. The van der Waals surface area contributed by atoms with Gasteiger partial charge in [-0.3, -0.25) is 0 Å². The highest BCUT2D eigenvalue weighted by Gasteiger charge is 2.23. The van der Waals surface area contributed by atoms with Crippen LogP contribution in [0.4, 0.5) is 0 Å². The Morgan fingerprint density at radius 1 is 0.893 bits per heavy atom. The van der Waals surface area contributed by atoms with E-state index in [-0.39, 0.29) is 0 Å². The zero-order chi connectivity index (χ0) is 19.8. The van der Waals surface area contributed by atoms with Crippen LogP contribution in [0.1, 0.15) is 68.1 Å². The summed E-state index contributed by atoms with van der Waals surface area (Å²) in [7, 11) is 2.21. The molecular weight excluding hydrogens is 340 g/mol. The van der Waals surface area contributed by atoms with Gasteiger partial charge in [0.25, 0.3) is 5.82 Å². The van der Waals surface area contributed by atoms with Gasteiger partial charge in [0.15, 0.2) is 0 Å². The first-order valence-corrected chi connectivity index (χ1v) is 10.8. The molecule has 1 heterocycles. The number of benzene rings is 2. The Labute approximate surface area is 170 Å².